The summed E-state index contributed by atoms with van der Waals surface area (Å²) in [5.74, 6) is -0.0889. The number of amides is 3. The standard InChI is InChI=1S/C34H32ClN3O5S/c1-21-10-11-26(20-29(21)35)37-32(39)22(2)44-28-15-12-25(13-16-28)36-34(41)30(38-33(40)23-8-6-5-7-9-23)19-24-18-27(42-3)14-17-31(24)43-4/h5-20,22H,1-4H3,(H,36,41)(H,37,39)(H,38,40)/b30-19-. The zero-order valence-corrected chi connectivity index (χ0v) is 26.2. The maximum atomic E-state index is 13.5. The molecule has 4 rings (SSSR count). The Labute approximate surface area is 265 Å². The molecule has 0 spiro atoms. The Morgan fingerprint density at radius 1 is 0.841 bits per heavy atom. The zero-order chi connectivity index (χ0) is 31.6. The molecule has 0 aliphatic carbocycles. The Hall–Kier alpha value is -4.73. The third-order valence-corrected chi connectivity index (χ3v) is 8.02. The number of thioether (sulfide) groups is 1. The van der Waals surface area contributed by atoms with Gasteiger partial charge in [-0.1, -0.05) is 35.9 Å². The zero-order valence-electron chi connectivity index (χ0n) is 24.6. The van der Waals surface area contributed by atoms with E-state index in [9.17, 15) is 14.4 Å². The highest BCUT2D eigenvalue weighted by Crippen LogP contribution is 2.28. The smallest absolute Gasteiger partial charge is 0.272 e. The maximum Gasteiger partial charge on any atom is 0.272 e. The Morgan fingerprint density at radius 3 is 2.20 bits per heavy atom. The molecule has 0 aliphatic rings. The summed E-state index contributed by atoms with van der Waals surface area (Å²) in [6.45, 7) is 3.71. The topological polar surface area (TPSA) is 106 Å². The molecule has 4 aromatic rings. The molecule has 1 atom stereocenters. The third kappa shape index (κ3) is 8.65. The molecule has 0 heterocycles. The van der Waals surface area contributed by atoms with E-state index >= 15 is 0 Å². The second kappa shape index (κ2) is 15.1. The Balaban J connectivity index is 1.48. The monoisotopic (exact) mass is 629 g/mol. The van der Waals surface area contributed by atoms with Gasteiger partial charge in [-0.05, 0) is 92.2 Å². The van der Waals surface area contributed by atoms with Crippen LogP contribution in [-0.4, -0.2) is 37.2 Å². The van der Waals surface area contributed by atoms with Gasteiger partial charge in [0.25, 0.3) is 11.8 Å². The summed E-state index contributed by atoms with van der Waals surface area (Å²) in [6, 6.07) is 26.2. The van der Waals surface area contributed by atoms with Crippen molar-refractivity contribution >= 4 is 58.5 Å². The van der Waals surface area contributed by atoms with Gasteiger partial charge in [0, 0.05) is 32.4 Å². The quantitative estimate of drug-likeness (QED) is 0.120. The predicted molar refractivity (Wildman–Crippen MR) is 177 cm³/mol. The van der Waals surface area contributed by atoms with Gasteiger partial charge in [-0.15, -0.1) is 11.8 Å². The SMILES string of the molecule is COc1ccc(OC)c(/C=C(\NC(=O)c2ccccc2)C(=O)Nc2ccc(SC(C)C(=O)Nc3ccc(C)c(Cl)c3)cc2)c1. The number of carbonyl (C=O) groups excluding carboxylic acids is 3. The first-order chi connectivity index (χ1) is 21.2. The van der Waals surface area contributed by atoms with Gasteiger partial charge in [0.2, 0.25) is 5.91 Å². The highest BCUT2D eigenvalue weighted by molar-refractivity contribution is 8.00. The first-order valence-electron chi connectivity index (χ1n) is 13.6. The molecule has 3 N–H and O–H groups in total. The molecular formula is C34H32ClN3O5S. The van der Waals surface area contributed by atoms with Crippen LogP contribution < -0.4 is 25.4 Å². The van der Waals surface area contributed by atoms with E-state index < -0.39 is 17.1 Å². The van der Waals surface area contributed by atoms with Crippen LogP contribution in [0.15, 0.2) is 102 Å². The third-order valence-electron chi connectivity index (χ3n) is 6.50. The summed E-state index contributed by atoms with van der Waals surface area (Å²) >= 11 is 7.55. The van der Waals surface area contributed by atoms with Crippen molar-refractivity contribution in [3.63, 3.8) is 0 Å². The summed E-state index contributed by atoms with van der Waals surface area (Å²) < 4.78 is 10.8. The lowest BCUT2D eigenvalue weighted by Gasteiger charge is -2.14. The van der Waals surface area contributed by atoms with E-state index in [2.05, 4.69) is 16.0 Å². The molecule has 0 fully saturated rings. The van der Waals surface area contributed by atoms with E-state index in [-0.39, 0.29) is 11.6 Å². The van der Waals surface area contributed by atoms with Crippen LogP contribution in [0.4, 0.5) is 11.4 Å². The van der Waals surface area contributed by atoms with E-state index in [0.717, 1.165) is 10.5 Å². The van der Waals surface area contributed by atoms with Crippen molar-refractivity contribution < 1.29 is 23.9 Å². The van der Waals surface area contributed by atoms with Crippen molar-refractivity contribution in [2.45, 2.75) is 24.0 Å². The molecule has 4 aromatic carbocycles. The van der Waals surface area contributed by atoms with Crippen molar-refractivity contribution in [1.29, 1.82) is 0 Å². The van der Waals surface area contributed by atoms with Crippen LogP contribution in [0.25, 0.3) is 6.08 Å². The van der Waals surface area contributed by atoms with Gasteiger partial charge >= 0.3 is 0 Å². The molecule has 8 nitrogen and oxygen atoms in total. The molecule has 10 heteroatoms. The molecule has 0 radical (unpaired) electrons. The fourth-order valence-corrected chi connectivity index (χ4v) is 5.09. The van der Waals surface area contributed by atoms with Gasteiger partial charge in [0.05, 0.1) is 19.5 Å². The number of methoxy groups -OCH3 is 2. The van der Waals surface area contributed by atoms with Gasteiger partial charge in [0.1, 0.15) is 17.2 Å². The normalized spacial score (nSPS) is 11.7. The number of halogens is 1. The van der Waals surface area contributed by atoms with Crippen molar-refractivity contribution in [3.05, 3.63) is 118 Å². The molecule has 0 aliphatic heterocycles. The van der Waals surface area contributed by atoms with Gasteiger partial charge < -0.3 is 25.4 Å². The second-order valence-electron chi connectivity index (χ2n) is 9.68. The maximum absolute atomic E-state index is 13.5. The summed E-state index contributed by atoms with van der Waals surface area (Å²) in [7, 11) is 3.05. The Bertz CT molecular complexity index is 1680. The van der Waals surface area contributed by atoms with Crippen LogP contribution in [0.5, 0.6) is 11.5 Å². The van der Waals surface area contributed by atoms with Crippen molar-refractivity contribution in [3.8, 4) is 11.5 Å². The number of nitrogens with one attached hydrogen (secondary N) is 3. The first-order valence-corrected chi connectivity index (χ1v) is 14.9. The highest BCUT2D eigenvalue weighted by Gasteiger charge is 2.18. The molecule has 0 saturated heterocycles. The first kappa shape index (κ1) is 32.2. The van der Waals surface area contributed by atoms with Crippen molar-refractivity contribution in [2.75, 3.05) is 24.9 Å². The lowest BCUT2D eigenvalue weighted by atomic mass is 10.1. The van der Waals surface area contributed by atoms with E-state index in [0.29, 0.717) is 39.0 Å². The Kier molecular flexibility index (Phi) is 11.1. The molecule has 0 bridgehead atoms. The van der Waals surface area contributed by atoms with E-state index in [4.69, 9.17) is 21.1 Å². The molecule has 3 amide bonds. The van der Waals surface area contributed by atoms with Gasteiger partial charge in [-0.2, -0.15) is 0 Å². The number of anilines is 2. The Morgan fingerprint density at radius 2 is 1.55 bits per heavy atom. The van der Waals surface area contributed by atoms with Crippen LogP contribution >= 0.6 is 23.4 Å². The van der Waals surface area contributed by atoms with E-state index in [1.165, 1.54) is 32.1 Å². The van der Waals surface area contributed by atoms with E-state index in [1.807, 2.05) is 38.1 Å². The van der Waals surface area contributed by atoms with Gasteiger partial charge in [-0.25, -0.2) is 0 Å². The number of hydrogen-bond donors (Lipinski definition) is 3. The molecule has 1 unspecified atom stereocenters. The molecular weight excluding hydrogens is 598 g/mol. The highest BCUT2D eigenvalue weighted by atomic mass is 35.5. The van der Waals surface area contributed by atoms with Crippen LogP contribution in [-0.2, 0) is 9.59 Å². The number of benzene rings is 4. The van der Waals surface area contributed by atoms with Crippen LogP contribution in [0, 0.1) is 6.92 Å². The summed E-state index contributed by atoms with van der Waals surface area (Å²) in [6.07, 6.45) is 1.53. The van der Waals surface area contributed by atoms with Gasteiger partial charge in [0.15, 0.2) is 0 Å². The molecule has 44 heavy (non-hydrogen) atoms. The average molecular weight is 630 g/mol. The predicted octanol–water partition coefficient (Wildman–Crippen LogP) is 7.19. The molecule has 0 saturated carbocycles. The minimum atomic E-state index is -0.538. The summed E-state index contributed by atoms with van der Waals surface area (Å²) in [5, 5.41) is 8.64. The van der Waals surface area contributed by atoms with E-state index in [1.54, 1.807) is 66.7 Å². The van der Waals surface area contributed by atoms with Crippen LogP contribution in [0.2, 0.25) is 5.02 Å². The summed E-state index contributed by atoms with van der Waals surface area (Å²) in [4.78, 5) is 40.0. The lowest BCUT2D eigenvalue weighted by Crippen LogP contribution is -2.30. The number of hydrogen-bond acceptors (Lipinski definition) is 6. The van der Waals surface area contributed by atoms with Crippen LogP contribution in [0.1, 0.15) is 28.4 Å². The van der Waals surface area contributed by atoms with Crippen LogP contribution in [0.3, 0.4) is 0 Å². The van der Waals surface area contributed by atoms with Crippen molar-refractivity contribution in [2.24, 2.45) is 0 Å². The average Bonchev–Trinajstić information content (AvgIpc) is 3.03. The summed E-state index contributed by atoms with van der Waals surface area (Å²) in [5.41, 5.74) is 3.01. The second-order valence-corrected chi connectivity index (χ2v) is 11.5. The molecule has 226 valence electrons. The largest absolute Gasteiger partial charge is 0.497 e. The van der Waals surface area contributed by atoms with Gasteiger partial charge in [-0.3, -0.25) is 14.4 Å². The number of aryl methyl sites for hydroxylation is 1. The number of ether oxygens (including phenoxy) is 2. The lowest BCUT2D eigenvalue weighted by molar-refractivity contribution is -0.115. The number of carbonyl (C=O) groups is 3. The minimum absolute atomic E-state index is 0.00496. The number of rotatable bonds is 11. The minimum Gasteiger partial charge on any atom is -0.497 e. The fourth-order valence-electron chi connectivity index (χ4n) is 4.04. The van der Waals surface area contributed by atoms with Crippen molar-refractivity contribution in [1.82, 2.24) is 5.32 Å². The fraction of sp³-hybridized carbons (Fsp3) is 0.147. The molecule has 0 aromatic heterocycles.